The van der Waals surface area contributed by atoms with Crippen LogP contribution < -0.4 is 11.1 Å². The molecule has 0 amide bonds. The van der Waals surface area contributed by atoms with E-state index < -0.39 is 10.0 Å². The fourth-order valence-electron chi connectivity index (χ4n) is 2.75. The maximum absolute atomic E-state index is 12.9. The van der Waals surface area contributed by atoms with E-state index in [9.17, 15) is 8.42 Å². The molecular weight excluding hydrogens is 451 g/mol. The molecule has 0 unspecified atom stereocenters. The summed E-state index contributed by atoms with van der Waals surface area (Å²) in [5.74, 6) is 0.355. The second kappa shape index (κ2) is 11.0. The SMILES string of the molecule is CCCCNC(N)=NCc1ccccc1S(=O)(=O)N1CCCCC1.I. The quantitative estimate of drug-likeness (QED) is 0.272. The molecule has 142 valence electrons. The molecule has 0 bridgehead atoms. The van der Waals surface area contributed by atoms with E-state index in [4.69, 9.17) is 5.73 Å². The molecule has 1 aromatic rings. The lowest BCUT2D eigenvalue weighted by Crippen LogP contribution is -2.36. The van der Waals surface area contributed by atoms with Crippen LogP contribution in [0.25, 0.3) is 0 Å². The van der Waals surface area contributed by atoms with Crippen LogP contribution >= 0.6 is 24.0 Å². The van der Waals surface area contributed by atoms with Crippen LogP contribution in [0.5, 0.6) is 0 Å². The molecule has 1 aliphatic rings. The lowest BCUT2D eigenvalue weighted by atomic mass is 10.2. The Morgan fingerprint density at radius 2 is 1.92 bits per heavy atom. The molecule has 6 nitrogen and oxygen atoms in total. The summed E-state index contributed by atoms with van der Waals surface area (Å²) >= 11 is 0. The molecule has 1 heterocycles. The molecule has 0 spiro atoms. The van der Waals surface area contributed by atoms with Gasteiger partial charge in [0.05, 0.1) is 11.4 Å². The number of piperidine rings is 1. The number of aliphatic imine (C=N–C) groups is 1. The third kappa shape index (κ3) is 6.41. The van der Waals surface area contributed by atoms with E-state index in [1.54, 1.807) is 22.5 Å². The van der Waals surface area contributed by atoms with Gasteiger partial charge in [-0.15, -0.1) is 24.0 Å². The van der Waals surface area contributed by atoms with Crippen molar-refractivity contribution in [2.75, 3.05) is 19.6 Å². The van der Waals surface area contributed by atoms with Crippen molar-refractivity contribution in [1.82, 2.24) is 9.62 Å². The van der Waals surface area contributed by atoms with Crippen LogP contribution in [0.15, 0.2) is 34.2 Å². The Bertz CT molecular complexity index is 658. The summed E-state index contributed by atoms with van der Waals surface area (Å²) in [5, 5.41) is 3.04. The van der Waals surface area contributed by atoms with E-state index in [1.807, 2.05) is 6.07 Å². The Hall–Kier alpha value is -0.870. The highest BCUT2D eigenvalue weighted by Crippen LogP contribution is 2.24. The normalized spacial score (nSPS) is 16.3. The van der Waals surface area contributed by atoms with Crippen molar-refractivity contribution in [3.05, 3.63) is 29.8 Å². The smallest absolute Gasteiger partial charge is 0.243 e. The van der Waals surface area contributed by atoms with Crippen LogP contribution in [-0.2, 0) is 16.6 Å². The van der Waals surface area contributed by atoms with Crippen LogP contribution in [-0.4, -0.2) is 38.3 Å². The van der Waals surface area contributed by atoms with E-state index >= 15 is 0 Å². The van der Waals surface area contributed by atoms with Crippen LogP contribution in [0.3, 0.4) is 0 Å². The minimum Gasteiger partial charge on any atom is -0.370 e. The average Bonchev–Trinajstić information content (AvgIpc) is 2.61. The number of unbranched alkanes of at least 4 members (excludes halogenated alkanes) is 1. The van der Waals surface area contributed by atoms with Crippen molar-refractivity contribution >= 4 is 40.0 Å². The van der Waals surface area contributed by atoms with Crippen LogP contribution in [0.2, 0.25) is 0 Å². The van der Waals surface area contributed by atoms with Gasteiger partial charge < -0.3 is 11.1 Å². The third-order valence-electron chi connectivity index (χ3n) is 4.16. The first kappa shape index (κ1) is 22.2. The van der Waals surface area contributed by atoms with Gasteiger partial charge in [-0.05, 0) is 30.9 Å². The van der Waals surface area contributed by atoms with Crippen LogP contribution in [0, 0.1) is 0 Å². The lowest BCUT2D eigenvalue weighted by Gasteiger charge is -2.26. The fourth-order valence-corrected chi connectivity index (χ4v) is 4.48. The van der Waals surface area contributed by atoms with Gasteiger partial charge >= 0.3 is 0 Å². The van der Waals surface area contributed by atoms with E-state index in [1.165, 1.54) is 0 Å². The summed E-state index contributed by atoms with van der Waals surface area (Å²) in [5.41, 5.74) is 6.53. The zero-order valence-corrected chi connectivity index (χ0v) is 17.9. The first-order valence-corrected chi connectivity index (χ1v) is 10.1. The Morgan fingerprint density at radius 3 is 2.60 bits per heavy atom. The highest BCUT2D eigenvalue weighted by atomic mass is 127. The monoisotopic (exact) mass is 480 g/mol. The number of rotatable bonds is 7. The number of benzene rings is 1. The van der Waals surface area contributed by atoms with E-state index in [0.717, 1.165) is 38.6 Å². The standard InChI is InChI=1S/C17H28N4O2S.HI/c1-2-3-11-19-17(18)20-14-15-9-5-6-10-16(15)24(22,23)21-12-7-4-8-13-21;/h5-6,9-10H,2-4,7-8,11-14H2,1H3,(H3,18,19,20);1H. The highest BCUT2D eigenvalue weighted by molar-refractivity contribution is 14.0. The van der Waals surface area contributed by atoms with E-state index in [-0.39, 0.29) is 30.5 Å². The van der Waals surface area contributed by atoms with Gasteiger partial charge in [0.25, 0.3) is 0 Å². The van der Waals surface area contributed by atoms with Crippen molar-refractivity contribution in [2.24, 2.45) is 10.7 Å². The summed E-state index contributed by atoms with van der Waals surface area (Å²) in [6, 6.07) is 7.06. The third-order valence-corrected chi connectivity index (χ3v) is 6.16. The average molecular weight is 480 g/mol. The minimum atomic E-state index is -3.46. The van der Waals surface area contributed by atoms with E-state index in [0.29, 0.717) is 29.5 Å². The largest absolute Gasteiger partial charge is 0.370 e. The number of hydrogen-bond acceptors (Lipinski definition) is 3. The van der Waals surface area contributed by atoms with Crippen molar-refractivity contribution in [3.63, 3.8) is 0 Å². The van der Waals surface area contributed by atoms with Crippen molar-refractivity contribution in [3.8, 4) is 0 Å². The maximum Gasteiger partial charge on any atom is 0.243 e. The van der Waals surface area contributed by atoms with Gasteiger partial charge in [-0.1, -0.05) is 38.0 Å². The number of halogens is 1. The molecule has 25 heavy (non-hydrogen) atoms. The van der Waals surface area contributed by atoms with Crippen molar-refractivity contribution < 1.29 is 8.42 Å². The molecular formula is C17H29IN4O2S. The first-order valence-electron chi connectivity index (χ1n) is 8.67. The van der Waals surface area contributed by atoms with Gasteiger partial charge in [0.2, 0.25) is 10.0 Å². The topological polar surface area (TPSA) is 87.8 Å². The molecule has 3 N–H and O–H groups in total. The molecule has 1 fully saturated rings. The zero-order valence-electron chi connectivity index (χ0n) is 14.8. The predicted molar refractivity (Wildman–Crippen MR) is 113 cm³/mol. The van der Waals surface area contributed by atoms with Gasteiger partial charge in [0, 0.05) is 19.6 Å². The molecule has 0 aromatic heterocycles. The Labute approximate surface area is 168 Å². The van der Waals surface area contributed by atoms with Gasteiger partial charge in [-0.25, -0.2) is 13.4 Å². The van der Waals surface area contributed by atoms with Crippen LogP contribution in [0.4, 0.5) is 0 Å². The maximum atomic E-state index is 12.9. The number of guanidine groups is 1. The summed E-state index contributed by atoms with van der Waals surface area (Å²) in [6.07, 6.45) is 5.05. The number of hydrogen-bond donors (Lipinski definition) is 2. The second-order valence-electron chi connectivity index (χ2n) is 6.05. The summed E-state index contributed by atoms with van der Waals surface area (Å²) < 4.78 is 27.4. The molecule has 0 saturated carbocycles. The number of sulfonamides is 1. The summed E-state index contributed by atoms with van der Waals surface area (Å²) in [6.45, 7) is 4.34. The first-order chi connectivity index (χ1) is 11.6. The Morgan fingerprint density at radius 1 is 1.24 bits per heavy atom. The molecule has 0 radical (unpaired) electrons. The highest BCUT2D eigenvalue weighted by Gasteiger charge is 2.27. The molecule has 1 aliphatic heterocycles. The van der Waals surface area contributed by atoms with Crippen LogP contribution in [0.1, 0.15) is 44.6 Å². The second-order valence-corrected chi connectivity index (χ2v) is 7.96. The lowest BCUT2D eigenvalue weighted by molar-refractivity contribution is 0.346. The number of nitrogens with one attached hydrogen (secondary N) is 1. The molecule has 1 aromatic carbocycles. The Balaban J connectivity index is 0.00000312. The zero-order chi connectivity index (χ0) is 17.4. The molecule has 0 atom stereocenters. The van der Waals surface area contributed by atoms with Gasteiger partial charge in [-0.2, -0.15) is 4.31 Å². The molecule has 8 heteroatoms. The van der Waals surface area contributed by atoms with E-state index in [2.05, 4.69) is 17.2 Å². The minimum absolute atomic E-state index is 0. The summed E-state index contributed by atoms with van der Waals surface area (Å²) in [7, 11) is -3.46. The van der Waals surface area contributed by atoms with Crippen molar-refractivity contribution in [2.45, 2.75) is 50.5 Å². The molecule has 0 aliphatic carbocycles. The van der Waals surface area contributed by atoms with Gasteiger partial charge in [-0.3, -0.25) is 0 Å². The molecule has 1 saturated heterocycles. The molecule has 2 rings (SSSR count). The fraction of sp³-hybridized carbons (Fsp3) is 0.588. The summed E-state index contributed by atoms with van der Waals surface area (Å²) in [4.78, 5) is 4.63. The van der Waals surface area contributed by atoms with Gasteiger partial charge in [0.1, 0.15) is 0 Å². The predicted octanol–water partition coefficient (Wildman–Crippen LogP) is 2.68. The number of nitrogens with two attached hydrogens (primary N) is 1. The Kier molecular flexibility index (Phi) is 9.73. The number of nitrogens with zero attached hydrogens (tertiary/aromatic N) is 2. The van der Waals surface area contributed by atoms with Gasteiger partial charge in [0.15, 0.2) is 5.96 Å². The van der Waals surface area contributed by atoms with Crippen molar-refractivity contribution in [1.29, 1.82) is 0 Å².